The predicted octanol–water partition coefficient (Wildman–Crippen LogP) is 2.69. The molecular weight excluding hydrogens is 446 g/mol. The second-order valence-corrected chi connectivity index (χ2v) is 8.24. The quantitative estimate of drug-likeness (QED) is 0.398. The smallest absolute Gasteiger partial charge is 0.229 e. The summed E-state index contributed by atoms with van der Waals surface area (Å²) < 4.78 is 12.8. The molecule has 2 aromatic heterocycles. The van der Waals surface area contributed by atoms with Crippen LogP contribution < -0.4 is 19.7 Å². The number of benzene rings is 2. The van der Waals surface area contributed by atoms with E-state index < -0.39 is 0 Å². The topological polar surface area (TPSA) is 101 Å². The lowest BCUT2D eigenvalue weighted by atomic mass is 10.2. The molecule has 0 spiro atoms. The van der Waals surface area contributed by atoms with Crippen LogP contribution in [0.1, 0.15) is 0 Å². The molecule has 2 aromatic carbocycles. The van der Waals surface area contributed by atoms with Crippen molar-refractivity contribution in [3.8, 4) is 17.2 Å². The van der Waals surface area contributed by atoms with Crippen LogP contribution in [0.15, 0.2) is 54.7 Å². The number of para-hydroxylation sites is 1. The first-order chi connectivity index (χ1) is 17.2. The number of nitrogens with one attached hydrogen (secondary N) is 1. The minimum Gasteiger partial charge on any atom is -0.497 e. The number of rotatable bonds is 8. The van der Waals surface area contributed by atoms with Crippen molar-refractivity contribution in [2.75, 3.05) is 63.8 Å². The molecule has 0 atom stereocenters. The van der Waals surface area contributed by atoms with Crippen LogP contribution in [-0.2, 0) is 0 Å². The first-order valence-corrected chi connectivity index (χ1v) is 11.6. The zero-order valence-corrected chi connectivity index (χ0v) is 19.9. The van der Waals surface area contributed by atoms with Crippen LogP contribution in [-0.4, -0.2) is 83.3 Å². The molecule has 4 aromatic rings. The molecule has 0 radical (unpaired) electrons. The maximum atomic E-state index is 9.27. The molecule has 3 heterocycles. The summed E-state index contributed by atoms with van der Waals surface area (Å²) in [5.74, 6) is 2.64. The van der Waals surface area contributed by atoms with Crippen LogP contribution in [0.5, 0.6) is 11.5 Å². The molecule has 0 amide bonds. The van der Waals surface area contributed by atoms with Crippen molar-refractivity contribution in [2.24, 2.45) is 0 Å². The predicted molar refractivity (Wildman–Crippen MR) is 135 cm³/mol. The van der Waals surface area contributed by atoms with E-state index in [1.165, 1.54) is 0 Å². The number of aliphatic hydroxyl groups excluding tert-OH is 1. The number of ether oxygens (including phenoxy) is 2. The summed E-state index contributed by atoms with van der Waals surface area (Å²) in [7, 11) is 3.26. The molecule has 10 heteroatoms. The van der Waals surface area contributed by atoms with Crippen LogP contribution in [0.4, 0.5) is 17.5 Å². The Morgan fingerprint density at radius 2 is 1.77 bits per heavy atom. The number of nitrogens with zero attached hydrogens (tertiary/aromatic N) is 6. The number of hydrogen-bond donors (Lipinski definition) is 2. The molecule has 0 unspecified atom stereocenters. The van der Waals surface area contributed by atoms with Gasteiger partial charge in [0.15, 0.2) is 5.65 Å². The summed E-state index contributed by atoms with van der Waals surface area (Å²) in [6, 6.07) is 15.5. The van der Waals surface area contributed by atoms with Crippen molar-refractivity contribution in [2.45, 2.75) is 0 Å². The average Bonchev–Trinajstić information content (AvgIpc) is 3.34. The average molecular weight is 476 g/mol. The van der Waals surface area contributed by atoms with Crippen molar-refractivity contribution in [1.82, 2.24) is 24.6 Å². The third-order valence-corrected chi connectivity index (χ3v) is 6.15. The largest absolute Gasteiger partial charge is 0.497 e. The van der Waals surface area contributed by atoms with Crippen LogP contribution in [0.25, 0.3) is 16.7 Å². The molecule has 1 saturated heterocycles. The Morgan fingerprint density at radius 3 is 2.49 bits per heavy atom. The summed E-state index contributed by atoms with van der Waals surface area (Å²) in [5.41, 5.74) is 2.37. The first kappa shape index (κ1) is 22.9. The number of aromatic nitrogens is 4. The van der Waals surface area contributed by atoms with E-state index in [-0.39, 0.29) is 6.61 Å². The fourth-order valence-corrected chi connectivity index (χ4v) is 4.24. The lowest BCUT2D eigenvalue weighted by molar-refractivity contribution is 0.188. The highest BCUT2D eigenvalue weighted by molar-refractivity contribution is 5.91. The summed E-state index contributed by atoms with van der Waals surface area (Å²) >= 11 is 0. The fraction of sp³-hybridized carbons (Fsp3) is 0.320. The van der Waals surface area contributed by atoms with Gasteiger partial charge in [-0.3, -0.25) is 4.90 Å². The van der Waals surface area contributed by atoms with E-state index in [9.17, 15) is 5.11 Å². The van der Waals surface area contributed by atoms with Crippen LogP contribution in [0, 0.1) is 0 Å². The SMILES string of the molecule is COc1ccc(OC)c(Nc2nc(N3CCN(CCO)CC3)nc3c2cnn3-c2ccccc2)c1. The number of piperazine rings is 1. The highest BCUT2D eigenvalue weighted by Gasteiger charge is 2.22. The molecule has 182 valence electrons. The Balaban J connectivity index is 1.58. The molecule has 1 fully saturated rings. The van der Waals surface area contributed by atoms with Gasteiger partial charge >= 0.3 is 0 Å². The van der Waals surface area contributed by atoms with Gasteiger partial charge in [0.05, 0.1) is 43.8 Å². The van der Waals surface area contributed by atoms with E-state index in [0.717, 1.165) is 42.9 Å². The molecule has 2 N–H and O–H groups in total. The minimum absolute atomic E-state index is 0.162. The Labute approximate surface area is 203 Å². The van der Waals surface area contributed by atoms with Crippen molar-refractivity contribution in [3.05, 3.63) is 54.7 Å². The molecule has 0 aliphatic carbocycles. The summed E-state index contributed by atoms with van der Waals surface area (Å²) in [6.07, 6.45) is 1.78. The highest BCUT2D eigenvalue weighted by atomic mass is 16.5. The second kappa shape index (κ2) is 10.2. The second-order valence-electron chi connectivity index (χ2n) is 8.24. The van der Waals surface area contributed by atoms with Gasteiger partial charge in [0.2, 0.25) is 5.95 Å². The van der Waals surface area contributed by atoms with Gasteiger partial charge in [0, 0.05) is 38.8 Å². The van der Waals surface area contributed by atoms with Gasteiger partial charge < -0.3 is 24.8 Å². The zero-order chi connectivity index (χ0) is 24.2. The Kier molecular flexibility index (Phi) is 6.64. The van der Waals surface area contributed by atoms with E-state index in [0.29, 0.717) is 35.5 Å². The molecule has 0 saturated carbocycles. The van der Waals surface area contributed by atoms with Gasteiger partial charge in [-0.05, 0) is 24.3 Å². The fourth-order valence-electron chi connectivity index (χ4n) is 4.24. The van der Waals surface area contributed by atoms with Gasteiger partial charge in [-0.1, -0.05) is 18.2 Å². The van der Waals surface area contributed by atoms with Gasteiger partial charge in [0.25, 0.3) is 0 Å². The highest BCUT2D eigenvalue weighted by Crippen LogP contribution is 2.34. The first-order valence-electron chi connectivity index (χ1n) is 11.6. The number of aliphatic hydroxyl groups is 1. The number of hydrogen-bond acceptors (Lipinski definition) is 9. The van der Waals surface area contributed by atoms with Gasteiger partial charge in [0.1, 0.15) is 17.3 Å². The number of anilines is 3. The lowest BCUT2D eigenvalue weighted by Crippen LogP contribution is -2.47. The number of β-amino-alcohol motifs (C(OH)–C–C–N with tert-alkyl or cyclic N) is 1. The monoisotopic (exact) mass is 475 g/mol. The molecule has 35 heavy (non-hydrogen) atoms. The van der Waals surface area contributed by atoms with Crippen LogP contribution in [0.3, 0.4) is 0 Å². The van der Waals surface area contributed by atoms with Gasteiger partial charge in [-0.2, -0.15) is 15.1 Å². The van der Waals surface area contributed by atoms with Crippen LogP contribution in [0.2, 0.25) is 0 Å². The molecule has 10 nitrogen and oxygen atoms in total. The van der Waals surface area contributed by atoms with Crippen LogP contribution >= 0.6 is 0 Å². The van der Waals surface area contributed by atoms with E-state index in [1.54, 1.807) is 20.4 Å². The number of methoxy groups -OCH3 is 2. The molecule has 0 bridgehead atoms. The lowest BCUT2D eigenvalue weighted by Gasteiger charge is -2.34. The van der Waals surface area contributed by atoms with Crippen molar-refractivity contribution < 1.29 is 14.6 Å². The van der Waals surface area contributed by atoms with Crippen molar-refractivity contribution in [3.63, 3.8) is 0 Å². The third kappa shape index (κ3) is 4.71. The van der Waals surface area contributed by atoms with E-state index in [1.807, 2.05) is 53.2 Å². The summed E-state index contributed by atoms with van der Waals surface area (Å²) in [4.78, 5) is 14.3. The maximum absolute atomic E-state index is 9.27. The normalized spacial score (nSPS) is 14.3. The Morgan fingerprint density at radius 1 is 0.971 bits per heavy atom. The van der Waals surface area contributed by atoms with Crippen molar-refractivity contribution in [1.29, 1.82) is 0 Å². The minimum atomic E-state index is 0.162. The molecule has 5 rings (SSSR count). The van der Waals surface area contributed by atoms with E-state index in [2.05, 4.69) is 20.2 Å². The maximum Gasteiger partial charge on any atom is 0.229 e. The van der Waals surface area contributed by atoms with E-state index in [4.69, 9.17) is 19.4 Å². The summed E-state index contributed by atoms with van der Waals surface area (Å²) in [6.45, 7) is 4.06. The van der Waals surface area contributed by atoms with Gasteiger partial charge in [-0.15, -0.1) is 0 Å². The standard InChI is InChI=1S/C25H29N7O3/c1-34-19-8-9-22(35-2)21(16-19)27-23-20-17-26-32(18-6-4-3-5-7-18)24(20)29-25(28-23)31-12-10-30(11-13-31)14-15-33/h3-9,16-17,33H,10-15H2,1-2H3,(H,27,28,29). The summed E-state index contributed by atoms with van der Waals surface area (Å²) in [5, 5.41) is 18.1. The third-order valence-electron chi connectivity index (χ3n) is 6.15. The van der Waals surface area contributed by atoms with E-state index >= 15 is 0 Å². The molecule has 1 aliphatic heterocycles. The molecule has 1 aliphatic rings. The van der Waals surface area contributed by atoms with Crippen molar-refractivity contribution >= 4 is 28.5 Å². The number of fused-ring (bicyclic) bond motifs is 1. The molecular formula is C25H29N7O3. The Bertz CT molecular complexity index is 1290. The Hall–Kier alpha value is -3.89. The van der Waals surface area contributed by atoms with Gasteiger partial charge in [-0.25, -0.2) is 4.68 Å². The zero-order valence-electron chi connectivity index (χ0n) is 19.9.